The van der Waals surface area contributed by atoms with Gasteiger partial charge >= 0.3 is 0 Å². The fraction of sp³-hybridized carbons (Fsp3) is 0.176. The molecule has 0 bridgehead atoms. The van der Waals surface area contributed by atoms with Gasteiger partial charge in [0.15, 0.2) is 0 Å². The molecule has 1 heterocycles. The van der Waals surface area contributed by atoms with Crippen LogP contribution in [0.4, 0.5) is 11.4 Å². The molecule has 1 atom stereocenters. The molecular formula is C17H14Cl2N2O3. The van der Waals surface area contributed by atoms with Gasteiger partial charge in [-0.15, -0.1) is 0 Å². The smallest absolute Gasteiger partial charge is 0.256 e. The van der Waals surface area contributed by atoms with Crippen LogP contribution in [0.15, 0.2) is 42.5 Å². The number of hydrogen-bond acceptors (Lipinski definition) is 4. The number of para-hydroxylation sites is 2. The van der Waals surface area contributed by atoms with Gasteiger partial charge in [-0.1, -0.05) is 35.3 Å². The number of nitrogens with zero attached hydrogens (tertiary/aromatic N) is 1. The van der Waals surface area contributed by atoms with Crippen LogP contribution < -0.4 is 15.0 Å². The second-order valence-electron chi connectivity index (χ2n) is 5.26. The first-order valence-electron chi connectivity index (χ1n) is 7.22. The van der Waals surface area contributed by atoms with E-state index < -0.39 is 6.04 Å². The van der Waals surface area contributed by atoms with E-state index in [1.807, 2.05) is 12.1 Å². The summed E-state index contributed by atoms with van der Waals surface area (Å²) in [5.41, 5.74) is 0.982. The molecule has 2 aromatic carbocycles. The van der Waals surface area contributed by atoms with E-state index in [4.69, 9.17) is 27.9 Å². The Morgan fingerprint density at radius 2 is 1.92 bits per heavy atom. The number of benzene rings is 2. The minimum Gasteiger partial charge on any atom is -0.495 e. The monoisotopic (exact) mass is 364 g/mol. The van der Waals surface area contributed by atoms with Crippen LogP contribution in [0.25, 0.3) is 0 Å². The van der Waals surface area contributed by atoms with Crippen molar-refractivity contribution in [3.05, 3.63) is 52.5 Å². The summed E-state index contributed by atoms with van der Waals surface area (Å²) in [5.74, 6) is -0.0903. The van der Waals surface area contributed by atoms with Crippen LogP contribution in [-0.2, 0) is 9.59 Å². The molecule has 124 valence electrons. The maximum Gasteiger partial charge on any atom is 0.256 e. The standard InChI is InChI=1S/C17H14Cl2N2O3/c1-24-15-5-3-2-4-12(15)20-13-9-16(22)21(17(13)23)14-7-6-10(18)8-11(14)19/h2-8,13,20H,9H2,1H3/t13-/m0/s1. The molecule has 0 spiro atoms. The molecule has 1 saturated heterocycles. The third-order valence-corrected chi connectivity index (χ3v) is 4.27. The van der Waals surface area contributed by atoms with Gasteiger partial charge in [-0.2, -0.15) is 0 Å². The summed E-state index contributed by atoms with van der Waals surface area (Å²) in [4.78, 5) is 26.1. The molecule has 0 unspecified atom stereocenters. The molecule has 5 nitrogen and oxygen atoms in total. The summed E-state index contributed by atoms with van der Waals surface area (Å²) in [7, 11) is 1.54. The zero-order valence-corrected chi connectivity index (χ0v) is 14.3. The Morgan fingerprint density at radius 1 is 1.17 bits per heavy atom. The quantitative estimate of drug-likeness (QED) is 0.839. The highest BCUT2D eigenvalue weighted by Crippen LogP contribution is 2.34. The number of ether oxygens (including phenoxy) is 1. The second-order valence-corrected chi connectivity index (χ2v) is 6.11. The Kier molecular flexibility index (Phi) is 4.64. The number of carbonyl (C=O) groups excluding carboxylic acids is 2. The zero-order valence-electron chi connectivity index (χ0n) is 12.8. The first-order valence-corrected chi connectivity index (χ1v) is 7.98. The van der Waals surface area contributed by atoms with Crippen LogP contribution >= 0.6 is 23.2 Å². The number of hydrogen-bond donors (Lipinski definition) is 1. The predicted molar refractivity (Wildman–Crippen MR) is 94.0 cm³/mol. The average molecular weight is 365 g/mol. The van der Waals surface area contributed by atoms with E-state index in [0.29, 0.717) is 22.1 Å². The van der Waals surface area contributed by atoms with Crippen molar-refractivity contribution in [2.24, 2.45) is 0 Å². The lowest BCUT2D eigenvalue weighted by atomic mass is 10.2. The summed E-state index contributed by atoms with van der Waals surface area (Å²) in [6, 6.07) is 11.2. The van der Waals surface area contributed by atoms with Gasteiger partial charge < -0.3 is 10.1 Å². The molecule has 0 saturated carbocycles. The Morgan fingerprint density at radius 3 is 2.62 bits per heavy atom. The molecule has 24 heavy (non-hydrogen) atoms. The van der Waals surface area contributed by atoms with Crippen LogP contribution in [0, 0.1) is 0 Å². The topological polar surface area (TPSA) is 58.6 Å². The predicted octanol–water partition coefficient (Wildman–Crippen LogP) is 3.75. The van der Waals surface area contributed by atoms with Gasteiger partial charge in [-0.3, -0.25) is 9.59 Å². The molecule has 2 amide bonds. The van der Waals surface area contributed by atoms with Crippen LogP contribution in [0.3, 0.4) is 0 Å². The molecule has 7 heteroatoms. The molecule has 0 radical (unpaired) electrons. The number of methoxy groups -OCH3 is 1. The molecule has 1 aliphatic rings. The number of anilines is 2. The maximum atomic E-state index is 12.7. The first-order chi connectivity index (χ1) is 11.5. The fourth-order valence-electron chi connectivity index (χ4n) is 2.61. The van der Waals surface area contributed by atoms with Crippen molar-refractivity contribution in [3.63, 3.8) is 0 Å². The van der Waals surface area contributed by atoms with Gasteiger partial charge in [0.1, 0.15) is 11.8 Å². The van der Waals surface area contributed by atoms with Gasteiger partial charge in [-0.05, 0) is 30.3 Å². The van der Waals surface area contributed by atoms with Crippen molar-refractivity contribution < 1.29 is 14.3 Å². The number of rotatable bonds is 4. The van der Waals surface area contributed by atoms with Gasteiger partial charge in [0, 0.05) is 5.02 Å². The van der Waals surface area contributed by atoms with E-state index >= 15 is 0 Å². The summed E-state index contributed by atoms with van der Waals surface area (Å²) >= 11 is 12.0. The number of carbonyl (C=O) groups is 2. The first kappa shape index (κ1) is 16.6. The minimum absolute atomic E-state index is 0.0375. The van der Waals surface area contributed by atoms with Crippen LogP contribution in [0.5, 0.6) is 5.75 Å². The lowest BCUT2D eigenvalue weighted by molar-refractivity contribution is -0.121. The number of imide groups is 1. The van der Waals surface area contributed by atoms with E-state index in [-0.39, 0.29) is 23.3 Å². The highest BCUT2D eigenvalue weighted by Gasteiger charge is 2.40. The van der Waals surface area contributed by atoms with E-state index in [0.717, 1.165) is 4.90 Å². The van der Waals surface area contributed by atoms with Crippen molar-refractivity contribution in [2.75, 3.05) is 17.3 Å². The third kappa shape index (κ3) is 3.05. The molecule has 0 aromatic heterocycles. The Bertz CT molecular complexity index is 810. The Labute approximate surface area is 149 Å². The summed E-state index contributed by atoms with van der Waals surface area (Å²) in [5, 5.41) is 3.75. The Hall–Kier alpha value is -2.24. The lowest BCUT2D eigenvalue weighted by Gasteiger charge is -2.18. The van der Waals surface area contributed by atoms with E-state index in [1.165, 1.54) is 6.07 Å². The largest absolute Gasteiger partial charge is 0.495 e. The number of halogens is 2. The summed E-state index contributed by atoms with van der Waals surface area (Å²) in [6.07, 6.45) is 0.0375. The molecule has 3 rings (SSSR count). The summed E-state index contributed by atoms with van der Waals surface area (Å²) < 4.78 is 5.25. The zero-order chi connectivity index (χ0) is 17.3. The van der Waals surface area contributed by atoms with Crippen molar-refractivity contribution in [3.8, 4) is 5.75 Å². The van der Waals surface area contributed by atoms with Crippen LogP contribution in [0.2, 0.25) is 10.0 Å². The van der Waals surface area contributed by atoms with Gasteiger partial charge in [-0.25, -0.2) is 4.90 Å². The number of amides is 2. The molecule has 2 aromatic rings. The van der Waals surface area contributed by atoms with Gasteiger partial charge in [0.05, 0.1) is 29.9 Å². The van der Waals surface area contributed by atoms with E-state index in [9.17, 15) is 9.59 Å². The average Bonchev–Trinajstić information content (AvgIpc) is 2.83. The van der Waals surface area contributed by atoms with Crippen molar-refractivity contribution >= 4 is 46.4 Å². The normalized spacial score (nSPS) is 17.3. The Balaban J connectivity index is 1.86. The molecule has 0 aliphatic carbocycles. The molecule has 1 N–H and O–H groups in total. The SMILES string of the molecule is COc1ccccc1N[C@H]1CC(=O)N(c2ccc(Cl)cc2Cl)C1=O. The highest BCUT2D eigenvalue weighted by atomic mass is 35.5. The highest BCUT2D eigenvalue weighted by molar-refractivity contribution is 6.38. The number of nitrogens with one attached hydrogen (secondary N) is 1. The summed E-state index contributed by atoms with van der Waals surface area (Å²) in [6.45, 7) is 0. The van der Waals surface area contributed by atoms with Crippen LogP contribution in [-0.4, -0.2) is 25.0 Å². The maximum absolute atomic E-state index is 12.7. The van der Waals surface area contributed by atoms with E-state index in [1.54, 1.807) is 31.4 Å². The molecule has 1 fully saturated rings. The van der Waals surface area contributed by atoms with Gasteiger partial charge in [0.25, 0.3) is 5.91 Å². The molecule has 1 aliphatic heterocycles. The third-order valence-electron chi connectivity index (χ3n) is 3.73. The van der Waals surface area contributed by atoms with Gasteiger partial charge in [0.2, 0.25) is 5.91 Å². The lowest BCUT2D eigenvalue weighted by Crippen LogP contribution is -2.35. The van der Waals surface area contributed by atoms with Crippen molar-refractivity contribution in [2.45, 2.75) is 12.5 Å². The minimum atomic E-state index is -0.680. The van der Waals surface area contributed by atoms with Crippen molar-refractivity contribution in [1.82, 2.24) is 0 Å². The second kappa shape index (κ2) is 6.71. The molecular weight excluding hydrogens is 351 g/mol. The van der Waals surface area contributed by atoms with Crippen molar-refractivity contribution in [1.29, 1.82) is 0 Å². The van der Waals surface area contributed by atoms with E-state index in [2.05, 4.69) is 5.32 Å². The van der Waals surface area contributed by atoms with Crippen LogP contribution in [0.1, 0.15) is 6.42 Å². The fourth-order valence-corrected chi connectivity index (χ4v) is 3.11.